The van der Waals surface area contributed by atoms with Crippen LogP contribution >= 0.6 is 0 Å². The van der Waals surface area contributed by atoms with Gasteiger partial charge >= 0.3 is 12.1 Å². The van der Waals surface area contributed by atoms with Crippen molar-refractivity contribution in [3.63, 3.8) is 0 Å². The summed E-state index contributed by atoms with van der Waals surface area (Å²) < 4.78 is 43.4. The number of hydrogen-bond donors (Lipinski definition) is 1. The maximum atomic E-state index is 12.8. The van der Waals surface area contributed by atoms with Crippen LogP contribution in [0.25, 0.3) is 11.3 Å². The normalized spacial score (nSPS) is 11.5. The number of halogens is 3. The third kappa shape index (κ3) is 2.09. The number of rotatable bonds is 2. The predicted octanol–water partition coefficient (Wildman–Crippen LogP) is 3.66. The summed E-state index contributed by atoms with van der Waals surface area (Å²) in [6.07, 6.45) is -3.46. The lowest BCUT2D eigenvalue weighted by Crippen LogP contribution is -2.11. The lowest BCUT2D eigenvalue weighted by atomic mass is 9.98. The fourth-order valence-corrected chi connectivity index (χ4v) is 1.65. The summed E-state index contributed by atoms with van der Waals surface area (Å²) in [5.41, 5.74) is -1.93. The highest BCUT2D eigenvalue weighted by Gasteiger charge is 2.36. The summed E-state index contributed by atoms with van der Waals surface area (Å²) in [4.78, 5) is 11.0. The largest absolute Gasteiger partial charge is 0.478 e. The van der Waals surface area contributed by atoms with Gasteiger partial charge in [-0.2, -0.15) is 13.2 Å². The molecule has 6 heteroatoms. The molecule has 1 N–H and O–H groups in total. The Bertz CT molecular complexity index is 571. The van der Waals surface area contributed by atoms with Gasteiger partial charge in [-0.05, 0) is 24.3 Å². The highest BCUT2D eigenvalue weighted by Crippen LogP contribution is 2.39. The summed E-state index contributed by atoms with van der Waals surface area (Å²) in [6.45, 7) is 0. The summed E-state index contributed by atoms with van der Waals surface area (Å²) in [6, 6.07) is 5.67. The summed E-state index contributed by atoms with van der Waals surface area (Å²) in [7, 11) is 0. The van der Waals surface area contributed by atoms with Crippen LogP contribution in [0.1, 0.15) is 15.9 Å². The first kappa shape index (κ1) is 12.2. The summed E-state index contributed by atoms with van der Waals surface area (Å²) >= 11 is 0. The van der Waals surface area contributed by atoms with Crippen molar-refractivity contribution in [2.24, 2.45) is 0 Å². The lowest BCUT2D eigenvalue weighted by Gasteiger charge is -2.13. The molecule has 3 nitrogen and oxygen atoms in total. The minimum absolute atomic E-state index is 0.125. The highest BCUT2D eigenvalue weighted by molar-refractivity contribution is 5.96. The van der Waals surface area contributed by atoms with Crippen molar-refractivity contribution in [1.29, 1.82) is 0 Å². The number of furan rings is 1. The van der Waals surface area contributed by atoms with Crippen molar-refractivity contribution >= 4 is 5.97 Å². The zero-order chi connectivity index (χ0) is 13.3. The molecule has 1 heterocycles. The smallest absolute Gasteiger partial charge is 0.417 e. The van der Waals surface area contributed by atoms with Crippen LogP contribution in [0.5, 0.6) is 0 Å². The molecular formula is C12H7F3O3. The lowest BCUT2D eigenvalue weighted by molar-refractivity contribution is -0.137. The van der Waals surface area contributed by atoms with E-state index in [1.807, 2.05) is 0 Å². The predicted molar refractivity (Wildman–Crippen MR) is 56.1 cm³/mol. The molecule has 0 saturated carbocycles. The van der Waals surface area contributed by atoms with E-state index in [1.54, 1.807) is 0 Å². The average Bonchev–Trinajstić information content (AvgIpc) is 2.79. The molecule has 0 fully saturated rings. The molecular weight excluding hydrogens is 249 g/mol. The van der Waals surface area contributed by atoms with Crippen LogP contribution in [0.4, 0.5) is 13.2 Å². The van der Waals surface area contributed by atoms with Crippen LogP contribution in [0.2, 0.25) is 0 Å². The Morgan fingerprint density at radius 3 is 2.39 bits per heavy atom. The first-order chi connectivity index (χ1) is 8.41. The minimum Gasteiger partial charge on any atom is -0.478 e. The first-order valence-electron chi connectivity index (χ1n) is 4.88. The Morgan fingerprint density at radius 1 is 1.17 bits per heavy atom. The molecule has 18 heavy (non-hydrogen) atoms. The molecule has 0 atom stereocenters. The van der Waals surface area contributed by atoms with Crippen LogP contribution in [0.15, 0.2) is 41.0 Å². The van der Waals surface area contributed by atoms with E-state index in [9.17, 15) is 18.0 Å². The Labute approximate surface area is 99.5 Å². The number of aromatic carboxylic acids is 1. The van der Waals surface area contributed by atoms with Gasteiger partial charge in [-0.3, -0.25) is 0 Å². The third-order valence-electron chi connectivity index (χ3n) is 2.37. The van der Waals surface area contributed by atoms with E-state index in [0.717, 1.165) is 18.2 Å². The molecule has 94 valence electrons. The SMILES string of the molecule is O=C(O)c1cccc(C(F)(F)F)c1-c1ccco1. The average molecular weight is 256 g/mol. The Hall–Kier alpha value is -2.24. The molecule has 0 spiro atoms. The van der Waals surface area contributed by atoms with Crippen molar-refractivity contribution < 1.29 is 27.5 Å². The third-order valence-corrected chi connectivity index (χ3v) is 2.37. The maximum Gasteiger partial charge on any atom is 0.417 e. The van der Waals surface area contributed by atoms with Crippen LogP contribution in [-0.4, -0.2) is 11.1 Å². The molecule has 0 aliphatic heterocycles. The van der Waals surface area contributed by atoms with Crippen molar-refractivity contribution in [2.75, 3.05) is 0 Å². The molecule has 0 unspecified atom stereocenters. The second-order valence-corrected chi connectivity index (χ2v) is 3.51. The topological polar surface area (TPSA) is 50.4 Å². The van der Waals surface area contributed by atoms with Crippen molar-refractivity contribution in [3.8, 4) is 11.3 Å². The van der Waals surface area contributed by atoms with Gasteiger partial charge in [0.25, 0.3) is 0 Å². The quantitative estimate of drug-likeness (QED) is 0.891. The Kier molecular flexibility index (Phi) is 2.86. The fraction of sp³-hybridized carbons (Fsp3) is 0.0833. The molecule has 1 aromatic heterocycles. The van der Waals surface area contributed by atoms with E-state index < -0.39 is 28.8 Å². The van der Waals surface area contributed by atoms with E-state index in [1.165, 1.54) is 18.4 Å². The molecule has 0 bridgehead atoms. The van der Waals surface area contributed by atoms with Crippen molar-refractivity contribution in [2.45, 2.75) is 6.18 Å². The van der Waals surface area contributed by atoms with Gasteiger partial charge in [0.15, 0.2) is 0 Å². The van der Waals surface area contributed by atoms with Gasteiger partial charge in [-0.1, -0.05) is 6.07 Å². The molecule has 2 aromatic rings. The van der Waals surface area contributed by atoms with Crippen molar-refractivity contribution in [3.05, 3.63) is 47.7 Å². The number of carboxylic acids is 1. The van der Waals surface area contributed by atoms with Gasteiger partial charge < -0.3 is 9.52 Å². The number of benzene rings is 1. The van der Waals surface area contributed by atoms with E-state index >= 15 is 0 Å². The highest BCUT2D eigenvalue weighted by atomic mass is 19.4. The second kappa shape index (κ2) is 4.21. The van der Waals surface area contributed by atoms with Crippen LogP contribution < -0.4 is 0 Å². The molecule has 1 aromatic carbocycles. The molecule has 0 radical (unpaired) electrons. The number of alkyl halides is 3. The monoisotopic (exact) mass is 256 g/mol. The zero-order valence-corrected chi connectivity index (χ0v) is 8.86. The van der Waals surface area contributed by atoms with E-state index in [-0.39, 0.29) is 5.76 Å². The zero-order valence-electron chi connectivity index (χ0n) is 8.86. The molecule has 2 rings (SSSR count). The molecule has 0 saturated heterocycles. The summed E-state index contributed by atoms with van der Waals surface area (Å²) in [5, 5.41) is 8.95. The Balaban J connectivity index is 2.77. The molecule has 0 aliphatic rings. The first-order valence-corrected chi connectivity index (χ1v) is 4.88. The van der Waals surface area contributed by atoms with Gasteiger partial charge in [-0.15, -0.1) is 0 Å². The maximum absolute atomic E-state index is 12.8. The molecule has 0 amide bonds. The van der Waals surface area contributed by atoms with E-state index in [0.29, 0.717) is 0 Å². The van der Waals surface area contributed by atoms with E-state index in [2.05, 4.69) is 0 Å². The fourth-order valence-electron chi connectivity index (χ4n) is 1.65. The Morgan fingerprint density at radius 2 is 1.89 bits per heavy atom. The second-order valence-electron chi connectivity index (χ2n) is 3.51. The van der Waals surface area contributed by atoms with Gasteiger partial charge in [0.2, 0.25) is 0 Å². The van der Waals surface area contributed by atoms with Crippen molar-refractivity contribution in [1.82, 2.24) is 0 Å². The van der Waals surface area contributed by atoms with E-state index in [4.69, 9.17) is 9.52 Å². The standard InChI is InChI=1S/C12H7F3O3/c13-12(14,15)8-4-1-3-7(11(16)17)10(8)9-5-2-6-18-9/h1-6H,(H,16,17). The minimum atomic E-state index is -4.65. The van der Waals surface area contributed by atoms with Gasteiger partial charge in [-0.25, -0.2) is 4.79 Å². The molecule has 0 aliphatic carbocycles. The van der Waals surface area contributed by atoms with Crippen LogP contribution in [-0.2, 0) is 6.18 Å². The number of carboxylic acid groups (broad SMARTS) is 1. The number of carbonyl (C=O) groups is 1. The van der Waals surface area contributed by atoms with Crippen LogP contribution in [0.3, 0.4) is 0 Å². The summed E-state index contributed by atoms with van der Waals surface area (Å²) in [5.74, 6) is -1.56. The number of hydrogen-bond acceptors (Lipinski definition) is 2. The van der Waals surface area contributed by atoms with Gasteiger partial charge in [0, 0.05) is 5.56 Å². The van der Waals surface area contributed by atoms with Gasteiger partial charge in [0.1, 0.15) is 5.76 Å². The van der Waals surface area contributed by atoms with Crippen LogP contribution in [0, 0.1) is 0 Å². The van der Waals surface area contributed by atoms with Gasteiger partial charge in [0.05, 0.1) is 17.4 Å².